The zero-order chi connectivity index (χ0) is 11.0. The van der Waals surface area contributed by atoms with Gasteiger partial charge in [-0.1, -0.05) is 0 Å². The van der Waals surface area contributed by atoms with Gasteiger partial charge in [0.25, 0.3) is 6.43 Å². The molecular weight excluding hydrogens is 200 g/mol. The van der Waals surface area contributed by atoms with E-state index in [9.17, 15) is 8.78 Å². The fourth-order valence-corrected chi connectivity index (χ4v) is 1.57. The lowest BCUT2D eigenvalue weighted by atomic mass is 10.3. The predicted octanol–water partition coefficient (Wildman–Crippen LogP) is 2.31. The third-order valence-corrected chi connectivity index (χ3v) is 2.24. The van der Waals surface area contributed by atoms with Gasteiger partial charge in [-0.25, -0.2) is 18.7 Å². The maximum atomic E-state index is 12.3. The molecule has 0 unspecified atom stereocenters. The number of alkyl halides is 2. The van der Waals surface area contributed by atoms with Gasteiger partial charge in [-0.15, -0.1) is 0 Å². The Morgan fingerprint density at radius 3 is 2.67 bits per heavy atom. The van der Waals surface area contributed by atoms with Gasteiger partial charge in [-0.3, -0.25) is 0 Å². The minimum atomic E-state index is -2.39. The van der Waals surface area contributed by atoms with Gasteiger partial charge in [-0.05, 0) is 26.0 Å². The molecule has 15 heavy (non-hydrogen) atoms. The molecule has 2 aromatic rings. The SMILES string of the molecule is Cc1ccc2nc(C)n(CC(F)F)c2n1. The first-order valence-electron chi connectivity index (χ1n) is 4.66. The molecule has 2 rings (SSSR count). The van der Waals surface area contributed by atoms with E-state index in [0.717, 1.165) is 5.69 Å². The van der Waals surface area contributed by atoms with Crippen LogP contribution in [-0.2, 0) is 6.54 Å². The quantitative estimate of drug-likeness (QED) is 0.763. The zero-order valence-corrected chi connectivity index (χ0v) is 8.54. The summed E-state index contributed by atoms with van der Waals surface area (Å²) < 4.78 is 26.1. The highest BCUT2D eigenvalue weighted by molar-refractivity contribution is 5.71. The fraction of sp³-hybridized carbons (Fsp3) is 0.400. The van der Waals surface area contributed by atoms with Crippen molar-refractivity contribution in [1.29, 1.82) is 0 Å². The van der Waals surface area contributed by atoms with Crippen LogP contribution in [0.5, 0.6) is 0 Å². The predicted molar refractivity (Wildman–Crippen MR) is 53.0 cm³/mol. The molecule has 0 N–H and O–H groups in total. The van der Waals surface area contributed by atoms with E-state index in [2.05, 4.69) is 9.97 Å². The molecule has 0 aliphatic heterocycles. The zero-order valence-electron chi connectivity index (χ0n) is 8.54. The Bertz CT molecular complexity index is 491. The highest BCUT2D eigenvalue weighted by atomic mass is 19.3. The molecule has 0 bridgehead atoms. The number of rotatable bonds is 2. The lowest BCUT2D eigenvalue weighted by molar-refractivity contribution is 0.127. The Morgan fingerprint density at radius 1 is 1.27 bits per heavy atom. The van der Waals surface area contributed by atoms with E-state index in [-0.39, 0.29) is 6.54 Å². The highest BCUT2D eigenvalue weighted by Gasteiger charge is 2.12. The van der Waals surface area contributed by atoms with Gasteiger partial charge in [0.15, 0.2) is 5.65 Å². The second kappa shape index (κ2) is 3.56. The van der Waals surface area contributed by atoms with E-state index in [4.69, 9.17) is 0 Å². The molecule has 80 valence electrons. The Kier molecular flexibility index (Phi) is 2.38. The second-order valence-electron chi connectivity index (χ2n) is 3.46. The van der Waals surface area contributed by atoms with Gasteiger partial charge in [0.2, 0.25) is 0 Å². The lowest BCUT2D eigenvalue weighted by Gasteiger charge is -2.04. The second-order valence-corrected chi connectivity index (χ2v) is 3.46. The summed E-state index contributed by atoms with van der Waals surface area (Å²) in [5.41, 5.74) is 2.00. The molecule has 0 atom stereocenters. The van der Waals surface area contributed by atoms with Crippen molar-refractivity contribution < 1.29 is 8.78 Å². The molecule has 2 aromatic heterocycles. The number of nitrogens with zero attached hydrogens (tertiary/aromatic N) is 3. The number of hydrogen-bond donors (Lipinski definition) is 0. The topological polar surface area (TPSA) is 30.7 Å². The standard InChI is InChI=1S/C10H11F2N3/c1-6-3-4-8-10(13-6)15(5-9(11)12)7(2)14-8/h3-4,9H,5H2,1-2H3. The van der Waals surface area contributed by atoms with Crippen molar-refractivity contribution in [2.45, 2.75) is 26.8 Å². The van der Waals surface area contributed by atoms with Gasteiger partial charge in [0, 0.05) is 5.69 Å². The summed E-state index contributed by atoms with van der Waals surface area (Å²) in [5.74, 6) is 0.573. The van der Waals surface area contributed by atoms with E-state index < -0.39 is 6.43 Å². The van der Waals surface area contributed by atoms with Crippen molar-refractivity contribution in [3.05, 3.63) is 23.7 Å². The number of imidazole rings is 1. The molecule has 0 radical (unpaired) electrons. The summed E-state index contributed by atoms with van der Waals surface area (Å²) in [5, 5.41) is 0. The summed E-state index contributed by atoms with van der Waals surface area (Å²) in [4.78, 5) is 8.39. The number of hydrogen-bond acceptors (Lipinski definition) is 2. The van der Waals surface area contributed by atoms with Crippen LogP contribution < -0.4 is 0 Å². The summed E-state index contributed by atoms with van der Waals surface area (Å²) in [7, 11) is 0. The lowest BCUT2D eigenvalue weighted by Crippen LogP contribution is -2.08. The van der Waals surface area contributed by atoms with Crippen LogP contribution in [0.4, 0.5) is 8.78 Å². The normalized spacial score (nSPS) is 11.5. The molecule has 0 saturated heterocycles. The maximum absolute atomic E-state index is 12.3. The van der Waals surface area contributed by atoms with Gasteiger partial charge < -0.3 is 4.57 Å². The Morgan fingerprint density at radius 2 is 2.00 bits per heavy atom. The van der Waals surface area contributed by atoms with Crippen LogP contribution in [0.2, 0.25) is 0 Å². The monoisotopic (exact) mass is 211 g/mol. The van der Waals surface area contributed by atoms with Crippen LogP contribution in [0.25, 0.3) is 11.2 Å². The third kappa shape index (κ3) is 1.82. The van der Waals surface area contributed by atoms with Crippen LogP contribution in [0, 0.1) is 13.8 Å². The molecule has 0 aliphatic carbocycles. The first kappa shape index (κ1) is 10.0. The third-order valence-electron chi connectivity index (χ3n) is 2.24. The van der Waals surface area contributed by atoms with Crippen LogP contribution in [0.1, 0.15) is 11.5 Å². The number of fused-ring (bicyclic) bond motifs is 1. The Balaban J connectivity index is 2.60. The smallest absolute Gasteiger partial charge is 0.256 e. The average molecular weight is 211 g/mol. The van der Waals surface area contributed by atoms with Crippen molar-refractivity contribution in [2.24, 2.45) is 0 Å². The molecule has 0 amide bonds. The van der Waals surface area contributed by atoms with Crippen LogP contribution >= 0.6 is 0 Å². The fourth-order valence-electron chi connectivity index (χ4n) is 1.57. The van der Waals surface area contributed by atoms with Gasteiger partial charge in [-0.2, -0.15) is 0 Å². The molecule has 0 saturated carbocycles. The highest BCUT2D eigenvalue weighted by Crippen LogP contribution is 2.15. The average Bonchev–Trinajstić information content (AvgIpc) is 2.43. The van der Waals surface area contributed by atoms with Gasteiger partial charge in [0.05, 0.1) is 6.54 Å². The minimum absolute atomic E-state index is 0.348. The molecule has 3 nitrogen and oxygen atoms in total. The van der Waals surface area contributed by atoms with Crippen LogP contribution in [-0.4, -0.2) is 21.0 Å². The number of halogens is 2. The summed E-state index contributed by atoms with van der Waals surface area (Å²) in [6.45, 7) is 3.19. The first-order valence-corrected chi connectivity index (χ1v) is 4.66. The molecule has 2 heterocycles. The van der Waals surface area contributed by atoms with Crippen molar-refractivity contribution in [3.63, 3.8) is 0 Å². The van der Waals surface area contributed by atoms with Crippen LogP contribution in [0.15, 0.2) is 12.1 Å². The Hall–Kier alpha value is -1.52. The number of aryl methyl sites for hydroxylation is 2. The molecule has 0 aromatic carbocycles. The van der Waals surface area contributed by atoms with Gasteiger partial charge in [0.1, 0.15) is 11.3 Å². The van der Waals surface area contributed by atoms with E-state index in [1.165, 1.54) is 4.57 Å². The van der Waals surface area contributed by atoms with Crippen molar-refractivity contribution >= 4 is 11.2 Å². The summed E-state index contributed by atoms with van der Waals surface area (Å²) >= 11 is 0. The summed E-state index contributed by atoms with van der Waals surface area (Å²) in [6.07, 6.45) is -2.39. The van der Waals surface area contributed by atoms with Crippen molar-refractivity contribution in [1.82, 2.24) is 14.5 Å². The van der Waals surface area contributed by atoms with Crippen molar-refractivity contribution in [3.8, 4) is 0 Å². The van der Waals surface area contributed by atoms with Crippen molar-refractivity contribution in [2.75, 3.05) is 0 Å². The first-order chi connectivity index (χ1) is 7.08. The van der Waals surface area contributed by atoms with E-state index in [0.29, 0.717) is 17.0 Å². The van der Waals surface area contributed by atoms with E-state index in [1.807, 2.05) is 13.0 Å². The number of pyridine rings is 1. The van der Waals surface area contributed by atoms with Gasteiger partial charge >= 0.3 is 0 Å². The maximum Gasteiger partial charge on any atom is 0.256 e. The molecule has 0 aliphatic rings. The Labute approximate surface area is 85.8 Å². The molecule has 0 spiro atoms. The number of aromatic nitrogens is 3. The molecule has 0 fully saturated rings. The largest absolute Gasteiger partial charge is 0.307 e. The van der Waals surface area contributed by atoms with E-state index >= 15 is 0 Å². The van der Waals surface area contributed by atoms with E-state index in [1.54, 1.807) is 13.0 Å². The minimum Gasteiger partial charge on any atom is -0.307 e. The summed E-state index contributed by atoms with van der Waals surface area (Å²) in [6, 6.07) is 3.62. The molecule has 5 heteroatoms. The van der Waals surface area contributed by atoms with Crippen LogP contribution in [0.3, 0.4) is 0 Å². The molecular formula is C10H11F2N3.